The largest absolute Gasteiger partial charge is 0.497 e. The fraction of sp³-hybridized carbons (Fsp3) is 0.513. The summed E-state index contributed by atoms with van der Waals surface area (Å²) in [5.41, 5.74) is -1.26. The second kappa shape index (κ2) is 15.7. The molecule has 1 aromatic carbocycles. The number of amides is 4. The third-order valence-corrected chi connectivity index (χ3v) is 10.1. The molecular formula is C39H50N8O7S. The molecule has 15 nitrogen and oxygen atoms in total. The first-order chi connectivity index (χ1) is 25.8. The summed E-state index contributed by atoms with van der Waals surface area (Å²) in [6.45, 7) is 18.3. The summed E-state index contributed by atoms with van der Waals surface area (Å²) >= 11 is 1.45. The Balaban J connectivity index is 1.52. The van der Waals surface area contributed by atoms with E-state index in [1.165, 1.54) is 16.2 Å². The maximum absolute atomic E-state index is 14.6. The highest BCUT2D eigenvalue weighted by atomic mass is 32.1. The van der Waals surface area contributed by atoms with Gasteiger partial charge in [-0.15, -0.1) is 17.9 Å². The number of rotatable bonds is 12. The van der Waals surface area contributed by atoms with Crippen molar-refractivity contribution in [3.63, 3.8) is 0 Å². The zero-order chi connectivity index (χ0) is 40.5. The summed E-state index contributed by atoms with van der Waals surface area (Å²) in [6.07, 6.45) is 1.97. The van der Waals surface area contributed by atoms with Crippen LogP contribution in [0.3, 0.4) is 0 Å². The highest BCUT2D eigenvalue weighted by Crippen LogP contribution is 2.45. The van der Waals surface area contributed by atoms with Gasteiger partial charge in [0.15, 0.2) is 11.3 Å². The Kier molecular flexibility index (Phi) is 11.7. The van der Waals surface area contributed by atoms with Crippen molar-refractivity contribution in [1.29, 1.82) is 5.26 Å². The number of likely N-dealkylation sites (tertiary alicyclic amines) is 1. The third kappa shape index (κ3) is 9.27. The van der Waals surface area contributed by atoms with Crippen LogP contribution < -0.4 is 30.7 Å². The average molecular weight is 775 g/mol. The lowest BCUT2D eigenvalue weighted by Gasteiger charge is -2.36. The number of nitrogens with one attached hydrogen (secondary N) is 4. The van der Waals surface area contributed by atoms with Crippen LogP contribution in [0.1, 0.15) is 68.2 Å². The molecule has 3 aromatic rings. The van der Waals surface area contributed by atoms with Gasteiger partial charge in [-0.2, -0.15) is 5.26 Å². The van der Waals surface area contributed by atoms with Crippen LogP contribution in [0.5, 0.6) is 11.5 Å². The molecule has 1 saturated carbocycles. The monoisotopic (exact) mass is 774 g/mol. The minimum atomic E-state index is -1.40. The first kappa shape index (κ1) is 40.7. The predicted octanol–water partition coefficient (Wildman–Crippen LogP) is 5.13. The molecule has 5 rings (SSSR count). The summed E-state index contributed by atoms with van der Waals surface area (Å²) in [5, 5.41) is 23.5. The van der Waals surface area contributed by atoms with Gasteiger partial charge < -0.3 is 35.1 Å². The van der Waals surface area contributed by atoms with Gasteiger partial charge in [-0.05, 0) is 58.6 Å². The molecule has 2 fully saturated rings. The molecule has 16 heteroatoms. The first-order valence-corrected chi connectivity index (χ1v) is 19.0. The minimum Gasteiger partial charge on any atom is -0.497 e. The number of hydrogen-bond acceptors (Lipinski definition) is 12. The first-order valence-electron chi connectivity index (χ1n) is 18.1. The molecule has 2 aromatic heterocycles. The number of fused-ring (bicyclic) bond motifs is 1. The summed E-state index contributed by atoms with van der Waals surface area (Å²) < 4.78 is 17.7. The van der Waals surface area contributed by atoms with Crippen LogP contribution in [0.4, 0.5) is 9.93 Å². The van der Waals surface area contributed by atoms with E-state index in [9.17, 15) is 24.4 Å². The molecule has 3 heterocycles. The molecular weight excluding hydrogens is 725 g/mol. The SMILES string of the molecule is C=CC1C[C@]1(NC(=O)[C@@H]1C[C@@H](Oc2cc(-c3csc(NC(C)C)n3)nc3cc(OC)ccc23)CN1C(=O)[C@H](NC(=O)OC(C)(C)C)C(C)(C)C)C(=O)NC#N. The van der Waals surface area contributed by atoms with Crippen molar-refractivity contribution >= 4 is 51.2 Å². The number of methoxy groups -OCH3 is 1. The van der Waals surface area contributed by atoms with Gasteiger partial charge in [0.2, 0.25) is 11.8 Å². The van der Waals surface area contributed by atoms with Crippen molar-refractivity contribution in [1.82, 2.24) is 30.8 Å². The molecule has 294 valence electrons. The average Bonchev–Trinajstić information content (AvgIpc) is 3.37. The van der Waals surface area contributed by atoms with Gasteiger partial charge >= 0.3 is 6.09 Å². The lowest BCUT2D eigenvalue weighted by molar-refractivity contribution is -0.143. The smallest absolute Gasteiger partial charge is 0.408 e. The maximum Gasteiger partial charge on any atom is 0.408 e. The molecule has 1 aliphatic carbocycles. The normalized spacial score (nSPS) is 21.3. The van der Waals surface area contributed by atoms with Crippen LogP contribution in [-0.2, 0) is 19.1 Å². The summed E-state index contributed by atoms with van der Waals surface area (Å²) in [5.74, 6) is -1.19. The van der Waals surface area contributed by atoms with Crippen LogP contribution in [0.2, 0.25) is 0 Å². The van der Waals surface area contributed by atoms with Gasteiger partial charge in [0.25, 0.3) is 5.91 Å². The van der Waals surface area contributed by atoms with E-state index in [0.717, 1.165) is 5.13 Å². The number of nitriles is 1. The Bertz CT molecular complexity index is 2010. The van der Waals surface area contributed by atoms with E-state index in [4.69, 9.17) is 24.2 Å². The predicted molar refractivity (Wildman–Crippen MR) is 208 cm³/mol. The minimum absolute atomic E-state index is 0.0315. The van der Waals surface area contributed by atoms with E-state index in [0.29, 0.717) is 33.8 Å². The molecule has 1 unspecified atom stereocenters. The second-order valence-electron chi connectivity index (χ2n) is 16.2. The number of thiazole rings is 1. The zero-order valence-corrected chi connectivity index (χ0v) is 33.6. The van der Waals surface area contributed by atoms with Gasteiger partial charge in [-0.3, -0.25) is 19.7 Å². The molecule has 0 bridgehead atoms. The molecule has 5 atom stereocenters. The number of alkyl carbamates (subject to hydrolysis) is 1. The fourth-order valence-electron chi connectivity index (χ4n) is 6.53. The summed E-state index contributed by atoms with van der Waals surface area (Å²) in [7, 11) is 1.57. The Morgan fingerprint density at radius 2 is 1.84 bits per heavy atom. The van der Waals surface area contributed by atoms with Crippen molar-refractivity contribution < 1.29 is 33.4 Å². The Morgan fingerprint density at radius 3 is 2.44 bits per heavy atom. The maximum atomic E-state index is 14.6. The van der Waals surface area contributed by atoms with Crippen molar-refractivity contribution in [2.45, 2.75) is 104 Å². The van der Waals surface area contributed by atoms with Gasteiger partial charge in [-0.25, -0.2) is 14.8 Å². The van der Waals surface area contributed by atoms with Gasteiger partial charge in [0, 0.05) is 41.3 Å². The number of ether oxygens (including phenoxy) is 3. The number of pyridine rings is 1. The number of carbonyl (C=O) groups excluding carboxylic acids is 4. The molecule has 1 saturated heterocycles. The zero-order valence-electron chi connectivity index (χ0n) is 32.7. The van der Waals surface area contributed by atoms with Crippen LogP contribution in [0, 0.1) is 22.8 Å². The van der Waals surface area contributed by atoms with E-state index >= 15 is 0 Å². The van der Waals surface area contributed by atoms with E-state index in [1.54, 1.807) is 79.1 Å². The van der Waals surface area contributed by atoms with E-state index in [2.05, 4.69) is 27.8 Å². The number of anilines is 1. The Labute approximate surface area is 325 Å². The molecule has 55 heavy (non-hydrogen) atoms. The lowest BCUT2D eigenvalue weighted by Crippen LogP contribution is -2.60. The molecule has 4 amide bonds. The molecule has 4 N–H and O–H groups in total. The summed E-state index contributed by atoms with van der Waals surface area (Å²) in [6, 6.07) is 5.16. The van der Waals surface area contributed by atoms with Crippen molar-refractivity contribution in [3.8, 4) is 29.1 Å². The Morgan fingerprint density at radius 1 is 1.11 bits per heavy atom. The van der Waals surface area contributed by atoms with E-state index in [1.807, 2.05) is 25.3 Å². The van der Waals surface area contributed by atoms with Crippen molar-refractivity contribution in [2.24, 2.45) is 11.3 Å². The van der Waals surface area contributed by atoms with Crippen LogP contribution in [-0.4, -0.2) is 87.7 Å². The topological polar surface area (TPSA) is 197 Å². The van der Waals surface area contributed by atoms with Crippen LogP contribution in [0.25, 0.3) is 22.3 Å². The van der Waals surface area contributed by atoms with Gasteiger partial charge in [-0.1, -0.05) is 26.8 Å². The number of hydrogen-bond donors (Lipinski definition) is 4. The Hall–Kier alpha value is -5.43. The van der Waals surface area contributed by atoms with Crippen molar-refractivity contribution in [3.05, 3.63) is 42.3 Å². The van der Waals surface area contributed by atoms with Crippen molar-refractivity contribution in [2.75, 3.05) is 19.0 Å². The van der Waals surface area contributed by atoms with Crippen LogP contribution in [0.15, 0.2) is 42.3 Å². The highest BCUT2D eigenvalue weighted by Gasteiger charge is 2.61. The van der Waals surface area contributed by atoms with Gasteiger partial charge in [0.05, 0.1) is 24.9 Å². The molecule has 0 radical (unpaired) electrons. The fourth-order valence-corrected chi connectivity index (χ4v) is 7.38. The number of nitrogens with zero attached hydrogens (tertiary/aromatic N) is 4. The second-order valence-corrected chi connectivity index (χ2v) is 17.1. The van der Waals surface area contributed by atoms with Crippen LogP contribution >= 0.6 is 11.3 Å². The molecule has 2 aliphatic rings. The number of benzene rings is 1. The number of aromatic nitrogens is 2. The molecule has 1 aliphatic heterocycles. The standard InChI is InChI=1S/C39H50N8O7S/c1-11-22-17-39(22,34(50)41-20-40)46-32(48)29-15-24(18-47(29)33(49)31(37(4,5)6)45-36(51)54-38(7,8)9)53-30-16-27(28-19-55-35(44-28)42-21(2)3)43-26-14-23(52-10)12-13-25(26)30/h11-14,16,19,21-22,24,29,31H,1,15,17-18H2,2-10H3,(H,41,50)(H,42,44)(H,45,51)(H,46,48)/t22?,24-,29+,31+,39-/m1/s1. The van der Waals surface area contributed by atoms with Gasteiger partial charge in [0.1, 0.15) is 46.5 Å². The number of carbonyl (C=O) groups is 4. The quantitative estimate of drug-likeness (QED) is 0.108. The van der Waals surface area contributed by atoms with E-state index in [-0.39, 0.29) is 25.4 Å². The summed E-state index contributed by atoms with van der Waals surface area (Å²) in [4.78, 5) is 65.9. The molecule has 0 spiro atoms. The highest BCUT2D eigenvalue weighted by molar-refractivity contribution is 7.14. The third-order valence-electron chi connectivity index (χ3n) is 9.29. The van der Waals surface area contributed by atoms with E-state index < -0.39 is 64.5 Å². The lowest BCUT2D eigenvalue weighted by atomic mass is 9.85.